The van der Waals surface area contributed by atoms with Crippen molar-refractivity contribution in [3.8, 4) is 0 Å². The van der Waals surface area contributed by atoms with Gasteiger partial charge < -0.3 is 10.4 Å². The van der Waals surface area contributed by atoms with E-state index in [0.717, 1.165) is 21.8 Å². The summed E-state index contributed by atoms with van der Waals surface area (Å²) < 4.78 is 1.74. The number of benzene rings is 1. The summed E-state index contributed by atoms with van der Waals surface area (Å²) in [5, 5.41) is 12.0. The summed E-state index contributed by atoms with van der Waals surface area (Å²) in [6, 6.07) is 5.40. The lowest BCUT2D eigenvalue weighted by Crippen LogP contribution is -2.36. The molecule has 0 saturated heterocycles. The van der Waals surface area contributed by atoms with Crippen molar-refractivity contribution in [1.29, 1.82) is 0 Å². The molecule has 2 unspecified atom stereocenters. The Hall–Kier alpha value is -0.880. The first-order chi connectivity index (χ1) is 9.49. The number of amides is 1. The highest BCUT2D eigenvalue weighted by molar-refractivity contribution is 9.13. The van der Waals surface area contributed by atoms with Gasteiger partial charge in [-0.25, -0.2) is 0 Å². The molecular formula is C14H15Br2NO3. The van der Waals surface area contributed by atoms with Crippen LogP contribution in [0.25, 0.3) is 0 Å². The SMILES string of the molecule is O=C(O)C1CCCCC1C(=O)Nc1ccc(Br)c(Br)c1. The van der Waals surface area contributed by atoms with Crippen LogP contribution in [0.2, 0.25) is 0 Å². The number of hydrogen-bond donors (Lipinski definition) is 2. The van der Waals surface area contributed by atoms with E-state index in [9.17, 15) is 14.7 Å². The number of carboxylic acid groups (broad SMARTS) is 1. The molecule has 108 valence electrons. The Kier molecular flexibility index (Phi) is 5.21. The minimum Gasteiger partial charge on any atom is -0.481 e. The van der Waals surface area contributed by atoms with E-state index < -0.39 is 17.8 Å². The van der Waals surface area contributed by atoms with E-state index in [4.69, 9.17) is 0 Å². The molecule has 1 amide bonds. The van der Waals surface area contributed by atoms with Crippen LogP contribution >= 0.6 is 31.9 Å². The summed E-state index contributed by atoms with van der Waals surface area (Å²) in [7, 11) is 0. The molecular weight excluding hydrogens is 390 g/mol. The van der Waals surface area contributed by atoms with Crippen molar-refractivity contribution < 1.29 is 14.7 Å². The lowest BCUT2D eigenvalue weighted by atomic mass is 9.78. The predicted molar refractivity (Wildman–Crippen MR) is 83.6 cm³/mol. The van der Waals surface area contributed by atoms with Crippen LogP contribution in [-0.2, 0) is 9.59 Å². The van der Waals surface area contributed by atoms with Gasteiger partial charge in [0.1, 0.15) is 0 Å². The van der Waals surface area contributed by atoms with Crippen LogP contribution in [0.5, 0.6) is 0 Å². The Bertz CT molecular complexity index is 533. The molecule has 1 saturated carbocycles. The molecule has 0 spiro atoms. The van der Waals surface area contributed by atoms with Crippen LogP contribution in [0.4, 0.5) is 5.69 Å². The summed E-state index contributed by atoms with van der Waals surface area (Å²) in [6.45, 7) is 0. The summed E-state index contributed by atoms with van der Waals surface area (Å²) in [5.41, 5.74) is 0.666. The average Bonchev–Trinajstić information content (AvgIpc) is 2.43. The van der Waals surface area contributed by atoms with E-state index in [2.05, 4.69) is 37.2 Å². The molecule has 6 heteroatoms. The van der Waals surface area contributed by atoms with E-state index in [1.807, 2.05) is 6.07 Å². The second-order valence-corrected chi connectivity index (χ2v) is 6.66. The zero-order valence-electron chi connectivity index (χ0n) is 10.7. The molecule has 1 aliphatic carbocycles. The van der Waals surface area contributed by atoms with E-state index in [0.29, 0.717) is 18.5 Å². The largest absolute Gasteiger partial charge is 0.481 e. The van der Waals surface area contributed by atoms with E-state index in [1.165, 1.54) is 0 Å². The fraction of sp³-hybridized carbons (Fsp3) is 0.429. The van der Waals surface area contributed by atoms with Crippen molar-refractivity contribution in [2.24, 2.45) is 11.8 Å². The topological polar surface area (TPSA) is 66.4 Å². The third-order valence-corrected chi connectivity index (χ3v) is 5.49. The van der Waals surface area contributed by atoms with E-state index in [1.54, 1.807) is 12.1 Å². The lowest BCUT2D eigenvalue weighted by Gasteiger charge is -2.27. The van der Waals surface area contributed by atoms with Gasteiger partial charge in [-0.1, -0.05) is 12.8 Å². The smallest absolute Gasteiger partial charge is 0.307 e. The highest BCUT2D eigenvalue weighted by Gasteiger charge is 2.35. The average molecular weight is 405 g/mol. The van der Waals surface area contributed by atoms with Gasteiger partial charge >= 0.3 is 5.97 Å². The molecule has 0 heterocycles. The fourth-order valence-electron chi connectivity index (χ4n) is 2.55. The maximum absolute atomic E-state index is 12.3. The van der Waals surface area contributed by atoms with Crippen LogP contribution < -0.4 is 5.32 Å². The van der Waals surface area contributed by atoms with Crippen LogP contribution in [0, 0.1) is 11.8 Å². The van der Waals surface area contributed by atoms with Crippen molar-refractivity contribution in [1.82, 2.24) is 0 Å². The quantitative estimate of drug-likeness (QED) is 0.798. The van der Waals surface area contributed by atoms with Crippen molar-refractivity contribution in [3.05, 3.63) is 27.1 Å². The van der Waals surface area contributed by atoms with Gasteiger partial charge in [0.25, 0.3) is 0 Å². The van der Waals surface area contributed by atoms with Gasteiger partial charge in [-0.05, 0) is 62.9 Å². The number of halogens is 2. The summed E-state index contributed by atoms with van der Waals surface area (Å²) in [4.78, 5) is 23.5. The monoisotopic (exact) mass is 403 g/mol. The number of carbonyl (C=O) groups excluding carboxylic acids is 1. The predicted octanol–water partition coefficient (Wildman–Crippen LogP) is 4.04. The van der Waals surface area contributed by atoms with Crippen molar-refractivity contribution in [3.63, 3.8) is 0 Å². The Morgan fingerprint density at radius 3 is 2.35 bits per heavy atom. The molecule has 0 bridgehead atoms. The van der Waals surface area contributed by atoms with Gasteiger partial charge in [0.15, 0.2) is 0 Å². The first kappa shape index (κ1) is 15.5. The van der Waals surface area contributed by atoms with Crippen LogP contribution in [0.1, 0.15) is 25.7 Å². The molecule has 1 fully saturated rings. The zero-order valence-corrected chi connectivity index (χ0v) is 13.9. The summed E-state index contributed by atoms with van der Waals surface area (Å²) >= 11 is 6.74. The molecule has 20 heavy (non-hydrogen) atoms. The Balaban J connectivity index is 2.09. The molecule has 1 aliphatic rings. The molecule has 2 N–H and O–H groups in total. The van der Waals surface area contributed by atoms with Gasteiger partial charge in [0, 0.05) is 14.6 Å². The molecule has 0 aliphatic heterocycles. The fourth-order valence-corrected chi connectivity index (χ4v) is 3.17. The first-order valence-electron chi connectivity index (χ1n) is 6.48. The second-order valence-electron chi connectivity index (χ2n) is 4.95. The van der Waals surface area contributed by atoms with Gasteiger partial charge in [0.05, 0.1) is 11.8 Å². The van der Waals surface area contributed by atoms with Crippen LogP contribution in [0.3, 0.4) is 0 Å². The number of nitrogens with one attached hydrogen (secondary N) is 1. The number of carboxylic acids is 1. The highest BCUT2D eigenvalue weighted by Crippen LogP contribution is 2.32. The van der Waals surface area contributed by atoms with Crippen molar-refractivity contribution in [2.75, 3.05) is 5.32 Å². The standard InChI is InChI=1S/C14H15Br2NO3/c15-11-6-5-8(7-12(11)16)17-13(18)9-3-1-2-4-10(9)14(19)20/h5-7,9-10H,1-4H2,(H,17,18)(H,19,20). The lowest BCUT2D eigenvalue weighted by molar-refractivity contribution is -0.147. The zero-order chi connectivity index (χ0) is 14.7. The van der Waals surface area contributed by atoms with Crippen molar-refractivity contribution in [2.45, 2.75) is 25.7 Å². The van der Waals surface area contributed by atoms with Crippen LogP contribution in [-0.4, -0.2) is 17.0 Å². The number of hydrogen-bond acceptors (Lipinski definition) is 2. The second kappa shape index (κ2) is 6.72. The Morgan fingerprint density at radius 2 is 1.75 bits per heavy atom. The molecule has 0 aromatic heterocycles. The molecule has 1 aromatic carbocycles. The van der Waals surface area contributed by atoms with E-state index in [-0.39, 0.29) is 5.91 Å². The van der Waals surface area contributed by atoms with E-state index >= 15 is 0 Å². The maximum atomic E-state index is 12.3. The molecule has 2 atom stereocenters. The molecule has 1 aromatic rings. The highest BCUT2D eigenvalue weighted by atomic mass is 79.9. The number of carbonyl (C=O) groups is 2. The van der Waals surface area contributed by atoms with Gasteiger partial charge in [-0.3, -0.25) is 9.59 Å². The van der Waals surface area contributed by atoms with Crippen LogP contribution in [0.15, 0.2) is 27.1 Å². The third-order valence-electron chi connectivity index (χ3n) is 3.61. The third kappa shape index (κ3) is 3.61. The number of rotatable bonds is 3. The van der Waals surface area contributed by atoms with Crippen molar-refractivity contribution >= 4 is 49.4 Å². The maximum Gasteiger partial charge on any atom is 0.307 e. The minimum absolute atomic E-state index is 0.202. The number of aliphatic carboxylic acids is 1. The minimum atomic E-state index is -0.873. The molecule has 4 nitrogen and oxygen atoms in total. The van der Waals surface area contributed by atoms with Gasteiger partial charge in [0.2, 0.25) is 5.91 Å². The molecule has 0 radical (unpaired) electrons. The summed E-state index contributed by atoms with van der Waals surface area (Å²) in [6.07, 6.45) is 3.01. The van der Waals surface area contributed by atoms with Gasteiger partial charge in [-0.2, -0.15) is 0 Å². The first-order valence-corrected chi connectivity index (χ1v) is 8.06. The number of anilines is 1. The Morgan fingerprint density at radius 1 is 1.10 bits per heavy atom. The Labute approximate surface area is 134 Å². The normalized spacial score (nSPS) is 22.3. The summed E-state index contributed by atoms with van der Waals surface area (Å²) in [5.74, 6) is -2.08. The molecule has 2 rings (SSSR count). The van der Waals surface area contributed by atoms with Gasteiger partial charge in [-0.15, -0.1) is 0 Å².